The van der Waals surface area contributed by atoms with Crippen LogP contribution in [0.3, 0.4) is 0 Å². The van der Waals surface area contributed by atoms with Gasteiger partial charge in [0.2, 0.25) is 5.91 Å². The largest absolute Gasteiger partial charge is 0.489 e. The molecular formula is C25H33N3O4. The Kier molecular flexibility index (Phi) is 5.50. The van der Waals surface area contributed by atoms with Gasteiger partial charge < -0.3 is 20.1 Å². The third-order valence-corrected chi connectivity index (χ3v) is 7.66. The number of aliphatic hydroxyl groups is 1. The van der Waals surface area contributed by atoms with E-state index in [0.717, 1.165) is 62.2 Å². The van der Waals surface area contributed by atoms with E-state index in [1.165, 1.54) is 0 Å². The Balaban J connectivity index is 1.26. The Morgan fingerprint density at radius 2 is 1.97 bits per heavy atom. The highest BCUT2D eigenvalue weighted by Crippen LogP contribution is 2.35. The van der Waals surface area contributed by atoms with Gasteiger partial charge in [-0.25, -0.2) is 0 Å². The summed E-state index contributed by atoms with van der Waals surface area (Å²) in [4.78, 5) is 29.5. The monoisotopic (exact) mass is 439 g/mol. The topological polar surface area (TPSA) is 82.1 Å². The molecule has 3 fully saturated rings. The minimum atomic E-state index is -0.549. The van der Waals surface area contributed by atoms with E-state index >= 15 is 0 Å². The van der Waals surface area contributed by atoms with Crippen LogP contribution in [0, 0.1) is 0 Å². The second kappa shape index (κ2) is 8.19. The lowest BCUT2D eigenvalue weighted by Crippen LogP contribution is -2.50. The van der Waals surface area contributed by atoms with Gasteiger partial charge in [-0.2, -0.15) is 0 Å². The van der Waals surface area contributed by atoms with E-state index in [2.05, 4.69) is 16.8 Å². The minimum Gasteiger partial charge on any atom is -0.489 e. The van der Waals surface area contributed by atoms with Crippen molar-refractivity contribution in [1.82, 2.24) is 15.1 Å². The molecular weight excluding hydrogens is 406 g/mol. The molecule has 4 aliphatic rings. The molecule has 2 amide bonds. The molecule has 0 spiro atoms. The van der Waals surface area contributed by atoms with E-state index in [4.69, 9.17) is 4.74 Å². The summed E-state index contributed by atoms with van der Waals surface area (Å²) < 4.78 is 6.44. The van der Waals surface area contributed by atoms with E-state index in [0.29, 0.717) is 31.0 Å². The molecule has 3 atom stereocenters. The number of hydrogen-bond acceptors (Lipinski definition) is 5. The molecule has 0 radical (unpaired) electrons. The van der Waals surface area contributed by atoms with Crippen molar-refractivity contribution in [2.24, 2.45) is 0 Å². The summed E-state index contributed by atoms with van der Waals surface area (Å²) in [7, 11) is 0. The van der Waals surface area contributed by atoms with Gasteiger partial charge in [-0.15, -0.1) is 0 Å². The predicted octanol–water partition coefficient (Wildman–Crippen LogP) is 2.58. The second-order valence-corrected chi connectivity index (χ2v) is 10.1. The molecule has 3 heterocycles. The summed E-state index contributed by atoms with van der Waals surface area (Å²) in [5.41, 5.74) is 1.75. The van der Waals surface area contributed by atoms with Crippen LogP contribution in [0.5, 0.6) is 5.75 Å². The summed E-state index contributed by atoms with van der Waals surface area (Å²) in [6.45, 7) is 7.99. The molecule has 7 nitrogen and oxygen atoms in total. The van der Waals surface area contributed by atoms with Gasteiger partial charge in [-0.05, 0) is 75.6 Å². The Morgan fingerprint density at radius 3 is 2.72 bits per heavy atom. The Hall–Kier alpha value is -2.38. The molecule has 1 aliphatic carbocycles. The molecule has 7 heteroatoms. The highest BCUT2D eigenvalue weighted by molar-refractivity contribution is 6.01. The first kappa shape index (κ1) is 21.5. The fourth-order valence-corrected chi connectivity index (χ4v) is 5.68. The molecule has 1 aromatic rings. The molecule has 2 N–H and O–H groups in total. The highest BCUT2D eigenvalue weighted by atomic mass is 16.5. The van der Waals surface area contributed by atoms with Crippen LogP contribution in [-0.4, -0.2) is 63.6 Å². The quantitative estimate of drug-likeness (QED) is 0.754. The maximum absolute atomic E-state index is 12.9. The summed E-state index contributed by atoms with van der Waals surface area (Å²) in [6, 6.07) is 5.63. The van der Waals surface area contributed by atoms with Crippen LogP contribution in [0.4, 0.5) is 0 Å². The first-order valence-electron chi connectivity index (χ1n) is 11.9. The standard InChI is InChI=1S/C25H33N3O4/c1-16-6-9-21(23(29)26-16)28-15-17-14-18(7-8-19(17)24(28)30)32-22-5-3-4-20(22)27-12-10-25(2,31)11-13-27/h7-8,14,20-22,31H,1,3-6,9-13,15H2,2H3,(H,26,29)/t20-,21?,22+/m1/s1. The third-order valence-electron chi connectivity index (χ3n) is 7.66. The van der Waals surface area contributed by atoms with Crippen LogP contribution in [0.2, 0.25) is 0 Å². The number of likely N-dealkylation sites (tertiary alicyclic amines) is 1. The SMILES string of the molecule is C=C1CCC(N2Cc3cc(O[C@H]4CCC[C@H]4N4CCC(C)(O)CC4)ccc3C2=O)C(=O)N1. The van der Waals surface area contributed by atoms with Gasteiger partial charge in [0.05, 0.1) is 5.60 Å². The zero-order valence-electron chi connectivity index (χ0n) is 18.8. The van der Waals surface area contributed by atoms with Crippen LogP contribution in [0.15, 0.2) is 30.5 Å². The van der Waals surface area contributed by atoms with Crippen LogP contribution in [-0.2, 0) is 11.3 Å². The van der Waals surface area contributed by atoms with Gasteiger partial charge in [-0.1, -0.05) is 6.58 Å². The molecule has 3 aliphatic heterocycles. The smallest absolute Gasteiger partial charge is 0.255 e. The fraction of sp³-hybridized carbons (Fsp3) is 0.600. The molecule has 32 heavy (non-hydrogen) atoms. The van der Waals surface area contributed by atoms with Crippen LogP contribution in [0.25, 0.3) is 0 Å². The number of nitrogens with zero attached hydrogens (tertiary/aromatic N) is 2. The Bertz CT molecular complexity index is 933. The van der Waals surface area contributed by atoms with E-state index in [1.54, 1.807) is 4.90 Å². The number of fused-ring (bicyclic) bond motifs is 1. The normalized spacial score (nSPS) is 30.4. The number of nitrogens with one attached hydrogen (secondary N) is 1. The van der Waals surface area contributed by atoms with E-state index in [9.17, 15) is 14.7 Å². The number of allylic oxidation sites excluding steroid dienone is 1. The first-order valence-corrected chi connectivity index (χ1v) is 11.9. The van der Waals surface area contributed by atoms with E-state index in [1.807, 2.05) is 25.1 Å². The molecule has 1 aromatic carbocycles. The number of ether oxygens (including phenoxy) is 1. The number of rotatable bonds is 4. The minimum absolute atomic E-state index is 0.0849. The number of benzene rings is 1. The zero-order valence-corrected chi connectivity index (χ0v) is 18.8. The first-order chi connectivity index (χ1) is 15.3. The van der Waals surface area contributed by atoms with Gasteiger partial charge in [0, 0.05) is 36.9 Å². The lowest BCUT2D eigenvalue weighted by molar-refractivity contribution is -0.126. The molecule has 1 unspecified atom stereocenters. The third kappa shape index (κ3) is 4.04. The average Bonchev–Trinajstić information content (AvgIpc) is 3.33. The van der Waals surface area contributed by atoms with Crippen LogP contribution in [0.1, 0.15) is 67.8 Å². The number of hydrogen-bond donors (Lipinski definition) is 2. The van der Waals surface area contributed by atoms with Crippen molar-refractivity contribution in [3.63, 3.8) is 0 Å². The molecule has 1 saturated carbocycles. The Morgan fingerprint density at radius 1 is 1.19 bits per heavy atom. The van der Waals surface area contributed by atoms with Crippen LogP contribution >= 0.6 is 0 Å². The maximum Gasteiger partial charge on any atom is 0.255 e. The maximum atomic E-state index is 12.9. The highest BCUT2D eigenvalue weighted by Gasteiger charge is 2.40. The number of amides is 2. The van der Waals surface area contributed by atoms with Crippen molar-refractivity contribution in [2.75, 3.05) is 13.1 Å². The van der Waals surface area contributed by atoms with Crippen molar-refractivity contribution >= 4 is 11.8 Å². The van der Waals surface area contributed by atoms with Gasteiger partial charge in [0.1, 0.15) is 17.9 Å². The van der Waals surface area contributed by atoms with Crippen LogP contribution < -0.4 is 10.1 Å². The van der Waals surface area contributed by atoms with Gasteiger partial charge in [0.25, 0.3) is 5.91 Å². The zero-order chi connectivity index (χ0) is 22.5. The molecule has 2 saturated heterocycles. The van der Waals surface area contributed by atoms with Crippen molar-refractivity contribution in [3.05, 3.63) is 41.6 Å². The average molecular weight is 440 g/mol. The van der Waals surface area contributed by atoms with Crippen molar-refractivity contribution in [3.8, 4) is 5.75 Å². The summed E-state index contributed by atoms with van der Waals surface area (Å²) in [5.74, 6) is 0.562. The van der Waals surface area contributed by atoms with E-state index in [-0.39, 0.29) is 17.9 Å². The number of carbonyl (C=O) groups excluding carboxylic acids is 2. The lowest BCUT2D eigenvalue weighted by Gasteiger charge is -2.40. The lowest BCUT2D eigenvalue weighted by atomic mass is 9.92. The fourth-order valence-electron chi connectivity index (χ4n) is 5.68. The van der Waals surface area contributed by atoms with Gasteiger partial charge in [-0.3, -0.25) is 14.5 Å². The van der Waals surface area contributed by atoms with Gasteiger partial charge in [0.15, 0.2) is 0 Å². The molecule has 0 aromatic heterocycles. The summed E-state index contributed by atoms with van der Waals surface area (Å²) in [5, 5.41) is 13.1. The Labute approximate surface area is 189 Å². The molecule has 0 bridgehead atoms. The molecule has 172 valence electrons. The van der Waals surface area contributed by atoms with Crippen molar-refractivity contribution in [2.45, 2.75) is 82.2 Å². The predicted molar refractivity (Wildman–Crippen MR) is 120 cm³/mol. The second-order valence-electron chi connectivity index (χ2n) is 10.1. The molecule has 5 rings (SSSR count). The summed E-state index contributed by atoms with van der Waals surface area (Å²) in [6.07, 6.45) is 6.31. The van der Waals surface area contributed by atoms with E-state index < -0.39 is 11.6 Å². The number of piperidine rings is 2. The van der Waals surface area contributed by atoms with Gasteiger partial charge >= 0.3 is 0 Å². The summed E-state index contributed by atoms with van der Waals surface area (Å²) >= 11 is 0. The van der Waals surface area contributed by atoms with Crippen molar-refractivity contribution in [1.29, 1.82) is 0 Å². The number of carbonyl (C=O) groups is 2. The van der Waals surface area contributed by atoms with Crippen molar-refractivity contribution < 1.29 is 19.4 Å².